The van der Waals surface area contributed by atoms with Crippen LogP contribution in [0.4, 0.5) is 0 Å². The van der Waals surface area contributed by atoms with Gasteiger partial charge in [0.15, 0.2) is 5.79 Å². The summed E-state index contributed by atoms with van der Waals surface area (Å²) < 4.78 is 15.9. The van der Waals surface area contributed by atoms with Gasteiger partial charge < -0.3 is 12.5 Å². The molecule has 0 aromatic carbocycles. The number of ether oxygens (including phenoxy) is 2. The highest BCUT2D eigenvalue weighted by Gasteiger charge is 2.35. The standard InChI is InChI=1S/C9H17IO3/c1-11-9(12-2)5-3-8(4-6-9)7-13-10/h8H,3-7H2,1-2H3. The SMILES string of the molecule is COC1(OC)CCC(COI)CC1. The van der Waals surface area contributed by atoms with Crippen LogP contribution in [0.1, 0.15) is 25.7 Å². The van der Waals surface area contributed by atoms with E-state index in [9.17, 15) is 0 Å². The third-order valence-corrected chi connectivity index (χ3v) is 3.27. The Labute approximate surface area is 93.8 Å². The molecule has 1 aliphatic rings. The van der Waals surface area contributed by atoms with Crippen molar-refractivity contribution in [2.45, 2.75) is 31.5 Å². The fourth-order valence-corrected chi connectivity index (χ4v) is 2.37. The molecule has 78 valence electrons. The summed E-state index contributed by atoms with van der Waals surface area (Å²) in [6.07, 6.45) is 4.21. The minimum atomic E-state index is -0.318. The Morgan fingerprint density at radius 3 is 2.15 bits per heavy atom. The maximum atomic E-state index is 5.39. The Kier molecular flexibility index (Phi) is 4.93. The number of hydrogen-bond acceptors (Lipinski definition) is 3. The minimum absolute atomic E-state index is 0.318. The van der Waals surface area contributed by atoms with E-state index < -0.39 is 0 Å². The van der Waals surface area contributed by atoms with Crippen molar-refractivity contribution >= 4 is 23.0 Å². The Morgan fingerprint density at radius 1 is 1.23 bits per heavy atom. The molecule has 0 unspecified atom stereocenters. The first-order valence-electron chi connectivity index (χ1n) is 4.60. The van der Waals surface area contributed by atoms with Gasteiger partial charge in [0.25, 0.3) is 0 Å². The van der Waals surface area contributed by atoms with E-state index in [0.717, 1.165) is 32.3 Å². The molecule has 0 aromatic heterocycles. The summed E-state index contributed by atoms with van der Waals surface area (Å²) in [4.78, 5) is 0. The monoisotopic (exact) mass is 300 g/mol. The number of rotatable bonds is 4. The van der Waals surface area contributed by atoms with Crippen LogP contribution >= 0.6 is 23.0 Å². The van der Waals surface area contributed by atoms with E-state index in [4.69, 9.17) is 12.5 Å². The number of halogens is 1. The van der Waals surface area contributed by atoms with Crippen molar-refractivity contribution in [3.8, 4) is 0 Å². The number of methoxy groups -OCH3 is 2. The maximum Gasteiger partial charge on any atom is 0.167 e. The van der Waals surface area contributed by atoms with E-state index in [0.29, 0.717) is 5.92 Å². The van der Waals surface area contributed by atoms with Gasteiger partial charge in [-0.3, -0.25) is 0 Å². The topological polar surface area (TPSA) is 27.7 Å². The Hall–Kier alpha value is 0.610. The van der Waals surface area contributed by atoms with Crippen molar-refractivity contribution in [3.63, 3.8) is 0 Å². The van der Waals surface area contributed by atoms with Gasteiger partial charge in [0.2, 0.25) is 0 Å². The highest BCUT2D eigenvalue weighted by atomic mass is 127. The maximum absolute atomic E-state index is 5.39. The molecular formula is C9H17IO3. The first-order valence-corrected chi connectivity index (χ1v) is 5.48. The van der Waals surface area contributed by atoms with Crippen molar-refractivity contribution < 1.29 is 12.5 Å². The fraction of sp³-hybridized carbons (Fsp3) is 1.00. The van der Waals surface area contributed by atoms with E-state index in [1.807, 2.05) is 23.0 Å². The van der Waals surface area contributed by atoms with Gasteiger partial charge in [-0.1, -0.05) is 0 Å². The van der Waals surface area contributed by atoms with E-state index in [-0.39, 0.29) is 5.79 Å². The van der Waals surface area contributed by atoms with Crippen molar-refractivity contribution in [3.05, 3.63) is 0 Å². The first kappa shape index (κ1) is 11.7. The van der Waals surface area contributed by atoms with Crippen LogP contribution in [-0.2, 0) is 12.5 Å². The van der Waals surface area contributed by atoms with Crippen LogP contribution in [0.15, 0.2) is 0 Å². The molecule has 0 heterocycles. The molecule has 4 heteroatoms. The predicted octanol–water partition coefficient (Wildman–Crippen LogP) is 2.53. The second-order valence-corrected chi connectivity index (χ2v) is 4.16. The molecule has 1 fully saturated rings. The average Bonchev–Trinajstić information content (AvgIpc) is 2.20. The van der Waals surface area contributed by atoms with Gasteiger partial charge in [-0.2, -0.15) is 0 Å². The van der Waals surface area contributed by atoms with Crippen LogP contribution < -0.4 is 0 Å². The molecule has 3 nitrogen and oxygen atoms in total. The highest BCUT2D eigenvalue weighted by Crippen LogP contribution is 2.35. The number of hydrogen-bond donors (Lipinski definition) is 0. The van der Waals surface area contributed by atoms with Gasteiger partial charge in [-0.05, 0) is 18.8 Å². The summed E-state index contributed by atoms with van der Waals surface area (Å²) in [6, 6.07) is 0. The molecule has 0 amide bonds. The third-order valence-electron chi connectivity index (χ3n) is 2.91. The van der Waals surface area contributed by atoms with Crippen molar-refractivity contribution in [2.75, 3.05) is 20.8 Å². The highest BCUT2D eigenvalue weighted by molar-refractivity contribution is 14.1. The van der Waals surface area contributed by atoms with E-state index in [2.05, 4.69) is 0 Å². The van der Waals surface area contributed by atoms with Crippen LogP contribution in [0.2, 0.25) is 0 Å². The Morgan fingerprint density at radius 2 is 1.77 bits per heavy atom. The second kappa shape index (κ2) is 5.48. The lowest BCUT2D eigenvalue weighted by molar-refractivity contribution is -0.228. The molecule has 0 aliphatic heterocycles. The first-order chi connectivity index (χ1) is 6.26. The molecule has 0 saturated heterocycles. The van der Waals surface area contributed by atoms with Crippen molar-refractivity contribution in [2.24, 2.45) is 5.92 Å². The fourth-order valence-electron chi connectivity index (χ4n) is 1.86. The van der Waals surface area contributed by atoms with Gasteiger partial charge in [0.1, 0.15) is 23.0 Å². The molecule has 0 aromatic rings. The smallest absolute Gasteiger partial charge is 0.167 e. The molecule has 0 radical (unpaired) electrons. The largest absolute Gasteiger partial charge is 0.353 e. The van der Waals surface area contributed by atoms with Crippen LogP contribution in [0.3, 0.4) is 0 Å². The van der Waals surface area contributed by atoms with Gasteiger partial charge >= 0.3 is 0 Å². The predicted molar refractivity (Wildman–Crippen MR) is 58.7 cm³/mol. The Bertz CT molecular complexity index is 138. The van der Waals surface area contributed by atoms with E-state index >= 15 is 0 Å². The lowest BCUT2D eigenvalue weighted by Crippen LogP contribution is -2.38. The zero-order valence-corrected chi connectivity index (χ0v) is 10.4. The lowest BCUT2D eigenvalue weighted by Gasteiger charge is -2.37. The molecule has 0 spiro atoms. The summed E-state index contributed by atoms with van der Waals surface area (Å²) in [7, 11) is 3.44. The molecule has 13 heavy (non-hydrogen) atoms. The second-order valence-electron chi connectivity index (χ2n) is 3.54. The molecule has 1 saturated carbocycles. The quantitative estimate of drug-likeness (QED) is 0.590. The summed E-state index contributed by atoms with van der Waals surface area (Å²) in [5.41, 5.74) is 0. The zero-order valence-electron chi connectivity index (χ0n) is 8.22. The minimum Gasteiger partial charge on any atom is -0.353 e. The molecule has 0 atom stereocenters. The van der Waals surface area contributed by atoms with E-state index in [1.54, 1.807) is 14.2 Å². The van der Waals surface area contributed by atoms with Gasteiger partial charge in [0, 0.05) is 27.1 Å². The van der Waals surface area contributed by atoms with Crippen LogP contribution in [0.5, 0.6) is 0 Å². The Balaban J connectivity index is 2.36. The summed E-state index contributed by atoms with van der Waals surface area (Å²) in [5, 5.41) is 0. The summed E-state index contributed by atoms with van der Waals surface area (Å²) in [6.45, 7) is 0.851. The third kappa shape index (κ3) is 3.04. The summed E-state index contributed by atoms with van der Waals surface area (Å²) >= 11 is 1.95. The van der Waals surface area contributed by atoms with Crippen LogP contribution in [0, 0.1) is 5.92 Å². The van der Waals surface area contributed by atoms with E-state index in [1.165, 1.54) is 0 Å². The lowest BCUT2D eigenvalue weighted by atomic mass is 9.85. The molecule has 1 rings (SSSR count). The molecular weight excluding hydrogens is 283 g/mol. The zero-order chi connectivity index (χ0) is 9.73. The summed E-state index contributed by atoms with van der Waals surface area (Å²) in [5.74, 6) is 0.359. The normalized spacial score (nSPS) is 23.3. The average molecular weight is 300 g/mol. The molecule has 0 bridgehead atoms. The van der Waals surface area contributed by atoms with Crippen molar-refractivity contribution in [1.29, 1.82) is 0 Å². The molecule has 0 N–H and O–H groups in total. The van der Waals surface area contributed by atoms with Crippen LogP contribution in [0.25, 0.3) is 0 Å². The van der Waals surface area contributed by atoms with Gasteiger partial charge in [0.05, 0.1) is 6.61 Å². The molecule has 1 aliphatic carbocycles. The van der Waals surface area contributed by atoms with Crippen molar-refractivity contribution in [1.82, 2.24) is 0 Å². The van der Waals surface area contributed by atoms with Gasteiger partial charge in [-0.25, -0.2) is 0 Å². The van der Waals surface area contributed by atoms with Gasteiger partial charge in [-0.15, -0.1) is 0 Å². The van der Waals surface area contributed by atoms with Crippen LogP contribution in [-0.4, -0.2) is 26.6 Å².